The molecule has 2 aromatic carbocycles. The topological polar surface area (TPSA) is 75.5 Å². The van der Waals surface area contributed by atoms with Crippen molar-refractivity contribution in [1.82, 2.24) is 9.99 Å². The maximum absolute atomic E-state index is 12.0. The van der Waals surface area contributed by atoms with Gasteiger partial charge in [0.2, 0.25) is 0 Å². The van der Waals surface area contributed by atoms with E-state index in [0.717, 1.165) is 31.6 Å². The minimum atomic E-state index is -0.843. The zero-order valence-electron chi connectivity index (χ0n) is 15.7. The van der Waals surface area contributed by atoms with Crippen molar-refractivity contribution in [2.24, 2.45) is 5.10 Å². The third-order valence-electron chi connectivity index (χ3n) is 4.21. The number of carbonyl (C=O) groups excluding carboxylic acids is 2. The van der Waals surface area contributed by atoms with E-state index in [2.05, 4.69) is 52.3 Å². The molecule has 0 unspecified atom stereocenters. The van der Waals surface area contributed by atoms with Gasteiger partial charge in [0.05, 0.1) is 6.21 Å². The predicted molar refractivity (Wildman–Crippen MR) is 121 cm³/mol. The van der Waals surface area contributed by atoms with Crippen molar-refractivity contribution in [3.8, 4) is 5.69 Å². The minimum Gasteiger partial charge on any atom is -0.318 e. The van der Waals surface area contributed by atoms with Gasteiger partial charge in [-0.3, -0.25) is 9.59 Å². The molecule has 0 saturated carbocycles. The van der Waals surface area contributed by atoms with Gasteiger partial charge >= 0.3 is 11.8 Å². The molecule has 0 radical (unpaired) electrons. The minimum absolute atomic E-state index is 0.523. The van der Waals surface area contributed by atoms with Crippen LogP contribution in [0.2, 0.25) is 0 Å². The number of carbonyl (C=O) groups is 2. The van der Waals surface area contributed by atoms with Crippen LogP contribution in [-0.4, -0.2) is 22.6 Å². The summed E-state index contributed by atoms with van der Waals surface area (Å²) in [6.07, 6.45) is 1.53. The summed E-state index contributed by atoms with van der Waals surface area (Å²) in [6, 6.07) is 16.9. The normalized spacial score (nSPS) is 10.9. The monoisotopic (exact) mass is 516 g/mol. The van der Waals surface area contributed by atoms with Gasteiger partial charge < -0.3 is 9.88 Å². The molecule has 0 bridgehead atoms. The van der Waals surface area contributed by atoms with E-state index >= 15 is 0 Å². The Kier molecular flexibility index (Phi) is 6.66. The summed E-state index contributed by atoms with van der Waals surface area (Å²) < 4.78 is 3.96. The van der Waals surface area contributed by atoms with Crippen LogP contribution in [0.4, 0.5) is 5.69 Å². The molecule has 148 valence electrons. The Labute approximate surface area is 185 Å². The van der Waals surface area contributed by atoms with Crippen molar-refractivity contribution in [3.63, 3.8) is 0 Å². The molecule has 0 saturated heterocycles. The summed E-state index contributed by atoms with van der Waals surface area (Å²) >= 11 is 6.80. The molecule has 0 aliphatic carbocycles. The Balaban J connectivity index is 1.67. The summed E-state index contributed by atoms with van der Waals surface area (Å²) in [5, 5.41) is 6.44. The number of aryl methyl sites for hydroxylation is 1. The van der Waals surface area contributed by atoms with Gasteiger partial charge in [-0.25, -0.2) is 5.43 Å². The second kappa shape index (κ2) is 9.19. The smallest absolute Gasteiger partial charge is 0.318 e. The number of halogens is 2. The molecule has 29 heavy (non-hydrogen) atoms. The summed E-state index contributed by atoms with van der Waals surface area (Å²) in [5.41, 5.74) is 6.65. The number of amides is 2. The molecular weight excluding hydrogens is 500 g/mol. The van der Waals surface area contributed by atoms with Crippen molar-refractivity contribution < 1.29 is 9.59 Å². The van der Waals surface area contributed by atoms with Crippen LogP contribution in [0, 0.1) is 13.8 Å². The lowest BCUT2D eigenvalue weighted by molar-refractivity contribution is -0.136. The van der Waals surface area contributed by atoms with Crippen molar-refractivity contribution >= 4 is 55.6 Å². The molecule has 2 N–H and O–H groups in total. The van der Waals surface area contributed by atoms with Gasteiger partial charge in [-0.2, -0.15) is 5.10 Å². The molecule has 0 spiro atoms. The van der Waals surface area contributed by atoms with Gasteiger partial charge in [0.15, 0.2) is 0 Å². The molecule has 0 atom stereocenters. The number of anilines is 1. The number of aromatic nitrogens is 1. The molecule has 0 aliphatic rings. The molecule has 8 heteroatoms. The molecule has 0 fully saturated rings. The summed E-state index contributed by atoms with van der Waals surface area (Å²) in [7, 11) is 0. The van der Waals surface area contributed by atoms with Crippen molar-refractivity contribution in [2.45, 2.75) is 13.8 Å². The first-order valence-electron chi connectivity index (χ1n) is 8.70. The Morgan fingerprint density at radius 2 is 1.69 bits per heavy atom. The highest BCUT2D eigenvalue weighted by atomic mass is 79.9. The van der Waals surface area contributed by atoms with Crippen LogP contribution in [0.5, 0.6) is 0 Å². The predicted octanol–water partition coefficient (Wildman–Crippen LogP) is 4.71. The number of nitrogens with zero attached hydrogens (tertiary/aromatic N) is 2. The first-order valence-corrected chi connectivity index (χ1v) is 10.3. The van der Waals surface area contributed by atoms with Gasteiger partial charge in [-0.05, 0) is 62.4 Å². The summed E-state index contributed by atoms with van der Waals surface area (Å²) in [6.45, 7) is 3.97. The number of benzene rings is 2. The fraction of sp³-hybridized carbons (Fsp3) is 0.0952. The lowest BCUT2D eigenvalue weighted by atomic mass is 10.2. The van der Waals surface area contributed by atoms with Crippen LogP contribution in [0.1, 0.15) is 17.0 Å². The molecule has 2 amide bonds. The van der Waals surface area contributed by atoms with Crippen LogP contribution in [0.15, 0.2) is 68.6 Å². The van der Waals surface area contributed by atoms with Crippen LogP contribution in [-0.2, 0) is 9.59 Å². The highest BCUT2D eigenvalue weighted by molar-refractivity contribution is 9.10. The third-order valence-corrected chi connectivity index (χ3v) is 5.24. The fourth-order valence-electron chi connectivity index (χ4n) is 2.86. The number of nitrogens with one attached hydrogen (secondary N) is 2. The number of rotatable bonds is 4. The maximum atomic E-state index is 12.0. The standard InChI is InChI=1S/C21H18Br2N4O2/c1-13-10-15(14(2)27(13)19-5-3-4-17(23)11-19)12-24-26-21(29)20(28)25-18-8-6-16(22)7-9-18/h3-12H,1-2H3,(H,25,28)(H,26,29)/b24-12-. The van der Waals surface area contributed by atoms with E-state index in [-0.39, 0.29) is 0 Å². The average molecular weight is 518 g/mol. The van der Waals surface area contributed by atoms with Crippen LogP contribution in [0.25, 0.3) is 5.69 Å². The van der Waals surface area contributed by atoms with E-state index < -0.39 is 11.8 Å². The van der Waals surface area contributed by atoms with E-state index in [1.807, 2.05) is 44.2 Å². The molecule has 3 aromatic rings. The van der Waals surface area contributed by atoms with E-state index in [1.54, 1.807) is 24.3 Å². The SMILES string of the molecule is Cc1cc(/C=N\NC(=O)C(=O)Nc2ccc(Br)cc2)c(C)n1-c1cccc(Br)c1. The van der Waals surface area contributed by atoms with E-state index in [1.165, 1.54) is 6.21 Å². The zero-order valence-corrected chi connectivity index (χ0v) is 18.9. The van der Waals surface area contributed by atoms with E-state index in [9.17, 15) is 9.59 Å². The fourth-order valence-corrected chi connectivity index (χ4v) is 3.51. The first kappa shape index (κ1) is 21.0. The first-order chi connectivity index (χ1) is 13.8. The molecule has 6 nitrogen and oxygen atoms in total. The molecule has 0 aliphatic heterocycles. The van der Waals surface area contributed by atoms with Gasteiger partial charge in [-0.15, -0.1) is 0 Å². The van der Waals surface area contributed by atoms with Crippen LogP contribution in [0.3, 0.4) is 0 Å². The lowest BCUT2D eigenvalue weighted by Crippen LogP contribution is -2.32. The van der Waals surface area contributed by atoms with Crippen LogP contribution >= 0.6 is 31.9 Å². The molecular formula is C21H18Br2N4O2. The van der Waals surface area contributed by atoms with E-state index in [0.29, 0.717) is 5.69 Å². The van der Waals surface area contributed by atoms with Gasteiger partial charge in [-0.1, -0.05) is 37.9 Å². The second-order valence-corrected chi connectivity index (χ2v) is 8.13. The second-order valence-electron chi connectivity index (χ2n) is 6.30. The molecule has 1 aromatic heterocycles. The lowest BCUT2D eigenvalue weighted by Gasteiger charge is -2.09. The number of hydrazone groups is 1. The Morgan fingerprint density at radius 3 is 2.38 bits per heavy atom. The van der Waals surface area contributed by atoms with E-state index in [4.69, 9.17) is 0 Å². The van der Waals surface area contributed by atoms with Crippen molar-refractivity contribution in [3.05, 3.63) is 80.5 Å². The quantitative estimate of drug-likeness (QED) is 0.299. The molecule has 1 heterocycles. The van der Waals surface area contributed by atoms with Crippen LogP contribution < -0.4 is 10.7 Å². The third kappa shape index (κ3) is 5.21. The number of hydrogen-bond donors (Lipinski definition) is 2. The number of hydrogen-bond acceptors (Lipinski definition) is 3. The average Bonchev–Trinajstić information content (AvgIpc) is 2.97. The largest absolute Gasteiger partial charge is 0.329 e. The Bertz CT molecular complexity index is 1090. The zero-order chi connectivity index (χ0) is 21.0. The van der Waals surface area contributed by atoms with Crippen molar-refractivity contribution in [2.75, 3.05) is 5.32 Å². The Hall–Kier alpha value is -2.71. The van der Waals surface area contributed by atoms with Crippen molar-refractivity contribution in [1.29, 1.82) is 0 Å². The van der Waals surface area contributed by atoms with Gasteiger partial charge in [0, 0.05) is 37.3 Å². The summed E-state index contributed by atoms with van der Waals surface area (Å²) in [4.78, 5) is 23.9. The highest BCUT2D eigenvalue weighted by Gasteiger charge is 2.13. The van der Waals surface area contributed by atoms with Gasteiger partial charge in [0.25, 0.3) is 0 Å². The Morgan fingerprint density at radius 1 is 0.966 bits per heavy atom. The summed E-state index contributed by atoms with van der Waals surface area (Å²) in [5.74, 6) is -1.63. The van der Waals surface area contributed by atoms with Gasteiger partial charge in [0.1, 0.15) is 0 Å². The maximum Gasteiger partial charge on any atom is 0.329 e. The highest BCUT2D eigenvalue weighted by Crippen LogP contribution is 2.22. The molecule has 3 rings (SSSR count).